The van der Waals surface area contributed by atoms with Crippen LogP contribution in [0, 0.1) is 12.7 Å². The first-order valence-corrected chi connectivity index (χ1v) is 7.68. The highest BCUT2D eigenvalue weighted by molar-refractivity contribution is 5.39. The molecule has 5 nitrogen and oxygen atoms in total. The largest absolute Gasteiger partial charge is 0.365 e. The van der Waals surface area contributed by atoms with Crippen molar-refractivity contribution < 1.29 is 4.39 Å². The van der Waals surface area contributed by atoms with E-state index >= 15 is 0 Å². The van der Waals surface area contributed by atoms with Crippen LogP contribution in [0.5, 0.6) is 0 Å². The van der Waals surface area contributed by atoms with Gasteiger partial charge in [0.05, 0.1) is 6.20 Å². The minimum absolute atomic E-state index is 0.258. The van der Waals surface area contributed by atoms with Gasteiger partial charge in [-0.05, 0) is 24.1 Å². The van der Waals surface area contributed by atoms with Gasteiger partial charge in [0.25, 0.3) is 0 Å². The first kappa shape index (κ1) is 15.9. The van der Waals surface area contributed by atoms with Gasteiger partial charge in [-0.1, -0.05) is 42.5 Å². The summed E-state index contributed by atoms with van der Waals surface area (Å²) in [6, 6.07) is 14.7. The Balaban J connectivity index is 1.62. The van der Waals surface area contributed by atoms with Crippen molar-refractivity contribution in [1.29, 1.82) is 0 Å². The first-order valence-electron chi connectivity index (χ1n) is 7.68. The molecule has 0 atom stereocenters. The van der Waals surface area contributed by atoms with E-state index in [1.54, 1.807) is 24.4 Å². The molecule has 3 rings (SSSR count). The topological polar surface area (TPSA) is 62.7 Å². The van der Waals surface area contributed by atoms with E-state index in [1.807, 2.05) is 12.1 Å². The molecule has 0 saturated heterocycles. The lowest BCUT2D eigenvalue weighted by atomic mass is 10.1. The van der Waals surface area contributed by atoms with Crippen LogP contribution in [0.25, 0.3) is 0 Å². The van der Waals surface area contributed by atoms with Crippen LogP contribution < -0.4 is 10.6 Å². The molecule has 1 heterocycles. The lowest BCUT2D eigenvalue weighted by Gasteiger charge is -2.09. The quantitative estimate of drug-likeness (QED) is 0.726. The molecule has 0 aliphatic carbocycles. The number of rotatable bonds is 6. The molecule has 0 spiro atoms. The number of aryl methyl sites for hydroxylation is 1. The SMILES string of the molecule is Cc1ccccc1CNc1cnnc(NCc2ccccc2F)n1. The van der Waals surface area contributed by atoms with Gasteiger partial charge in [0, 0.05) is 18.7 Å². The van der Waals surface area contributed by atoms with Crippen LogP contribution in [0.15, 0.2) is 54.7 Å². The Kier molecular flexibility index (Phi) is 4.96. The van der Waals surface area contributed by atoms with Crippen LogP contribution in [-0.2, 0) is 13.1 Å². The van der Waals surface area contributed by atoms with Crippen LogP contribution >= 0.6 is 0 Å². The van der Waals surface area contributed by atoms with Gasteiger partial charge < -0.3 is 10.6 Å². The first-order chi connectivity index (χ1) is 11.7. The summed E-state index contributed by atoms with van der Waals surface area (Å²) in [5, 5.41) is 14.1. The summed E-state index contributed by atoms with van der Waals surface area (Å²) in [5.41, 5.74) is 2.96. The molecule has 0 amide bonds. The van der Waals surface area contributed by atoms with Crippen molar-refractivity contribution in [2.75, 3.05) is 10.6 Å². The van der Waals surface area contributed by atoms with Crippen molar-refractivity contribution in [3.05, 3.63) is 77.2 Å². The van der Waals surface area contributed by atoms with E-state index in [0.717, 1.165) is 0 Å². The Labute approximate surface area is 140 Å². The summed E-state index contributed by atoms with van der Waals surface area (Å²) in [4.78, 5) is 4.34. The Morgan fingerprint density at radius 3 is 2.42 bits per heavy atom. The number of aromatic nitrogens is 3. The molecule has 0 unspecified atom stereocenters. The van der Waals surface area contributed by atoms with E-state index in [4.69, 9.17) is 0 Å². The van der Waals surface area contributed by atoms with Gasteiger partial charge in [-0.25, -0.2) is 4.39 Å². The number of nitrogens with one attached hydrogen (secondary N) is 2. The van der Waals surface area contributed by atoms with Gasteiger partial charge in [-0.15, -0.1) is 5.10 Å². The van der Waals surface area contributed by atoms with Gasteiger partial charge >= 0.3 is 0 Å². The lowest BCUT2D eigenvalue weighted by Crippen LogP contribution is -2.09. The van der Waals surface area contributed by atoms with E-state index in [2.05, 4.69) is 44.9 Å². The summed E-state index contributed by atoms with van der Waals surface area (Å²) < 4.78 is 13.6. The number of halogens is 1. The van der Waals surface area contributed by atoms with Crippen LogP contribution in [0.2, 0.25) is 0 Å². The highest BCUT2D eigenvalue weighted by Crippen LogP contribution is 2.12. The fourth-order valence-electron chi connectivity index (χ4n) is 2.27. The standard InChI is InChI=1S/C18H18FN5/c1-13-6-2-3-7-14(13)10-20-17-12-22-24-18(23-17)21-11-15-8-4-5-9-16(15)19/h2-9,12H,10-11H2,1H3,(H2,20,21,23,24). The normalized spacial score (nSPS) is 10.4. The predicted octanol–water partition coefficient (Wildman–Crippen LogP) is 3.54. The maximum atomic E-state index is 13.6. The predicted molar refractivity (Wildman–Crippen MR) is 92.1 cm³/mol. The third kappa shape index (κ3) is 4.04. The van der Waals surface area contributed by atoms with Crippen molar-refractivity contribution in [2.45, 2.75) is 20.0 Å². The third-order valence-corrected chi connectivity index (χ3v) is 3.67. The third-order valence-electron chi connectivity index (χ3n) is 3.67. The monoisotopic (exact) mass is 323 g/mol. The van der Waals surface area contributed by atoms with E-state index in [-0.39, 0.29) is 5.82 Å². The van der Waals surface area contributed by atoms with E-state index < -0.39 is 0 Å². The molecule has 24 heavy (non-hydrogen) atoms. The van der Waals surface area contributed by atoms with Gasteiger partial charge in [-0.2, -0.15) is 10.1 Å². The summed E-state index contributed by atoms with van der Waals surface area (Å²) in [5.74, 6) is 0.712. The second-order valence-corrected chi connectivity index (χ2v) is 5.39. The van der Waals surface area contributed by atoms with Gasteiger partial charge in [0.1, 0.15) is 5.82 Å². The van der Waals surface area contributed by atoms with Crippen molar-refractivity contribution >= 4 is 11.8 Å². The van der Waals surface area contributed by atoms with Gasteiger partial charge in [0.2, 0.25) is 5.95 Å². The second kappa shape index (κ2) is 7.50. The fraction of sp³-hybridized carbons (Fsp3) is 0.167. The molecule has 6 heteroatoms. The molecule has 0 aliphatic heterocycles. The van der Waals surface area contributed by atoms with Crippen molar-refractivity contribution in [1.82, 2.24) is 15.2 Å². The van der Waals surface area contributed by atoms with Gasteiger partial charge in [-0.3, -0.25) is 0 Å². The zero-order chi connectivity index (χ0) is 16.8. The maximum Gasteiger partial charge on any atom is 0.244 e. The van der Waals surface area contributed by atoms with Crippen LogP contribution in [0.1, 0.15) is 16.7 Å². The number of hydrogen-bond donors (Lipinski definition) is 2. The molecule has 1 aromatic heterocycles. The molecule has 0 aliphatic rings. The number of anilines is 2. The van der Waals surface area contributed by atoms with Crippen molar-refractivity contribution in [2.24, 2.45) is 0 Å². The smallest absolute Gasteiger partial charge is 0.244 e. The van der Waals surface area contributed by atoms with E-state index in [9.17, 15) is 4.39 Å². The molecule has 2 aromatic carbocycles. The summed E-state index contributed by atoms with van der Waals surface area (Å²) >= 11 is 0. The number of hydrogen-bond acceptors (Lipinski definition) is 5. The molecule has 0 radical (unpaired) electrons. The van der Waals surface area contributed by atoms with Crippen molar-refractivity contribution in [3.63, 3.8) is 0 Å². The Hall–Kier alpha value is -3.02. The summed E-state index contributed by atoms with van der Waals surface area (Å²) in [7, 11) is 0. The average Bonchev–Trinajstić information content (AvgIpc) is 2.61. The summed E-state index contributed by atoms with van der Waals surface area (Å²) in [6.45, 7) is 3.02. The van der Waals surface area contributed by atoms with E-state index in [0.29, 0.717) is 30.4 Å². The van der Waals surface area contributed by atoms with Crippen LogP contribution in [-0.4, -0.2) is 15.2 Å². The van der Waals surface area contributed by atoms with Gasteiger partial charge in [0.15, 0.2) is 5.82 Å². The number of benzene rings is 2. The molecular weight excluding hydrogens is 305 g/mol. The average molecular weight is 323 g/mol. The zero-order valence-electron chi connectivity index (χ0n) is 13.3. The fourth-order valence-corrected chi connectivity index (χ4v) is 2.27. The molecule has 0 saturated carbocycles. The highest BCUT2D eigenvalue weighted by atomic mass is 19.1. The highest BCUT2D eigenvalue weighted by Gasteiger charge is 2.04. The molecular formula is C18H18FN5. The number of nitrogens with zero attached hydrogens (tertiary/aromatic N) is 3. The van der Waals surface area contributed by atoms with Crippen LogP contribution in [0.3, 0.4) is 0 Å². The zero-order valence-corrected chi connectivity index (χ0v) is 13.3. The lowest BCUT2D eigenvalue weighted by molar-refractivity contribution is 0.612. The Bertz CT molecular complexity index is 757. The van der Waals surface area contributed by atoms with Crippen LogP contribution in [0.4, 0.5) is 16.2 Å². The molecule has 2 N–H and O–H groups in total. The second-order valence-electron chi connectivity index (χ2n) is 5.39. The minimum atomic E-state index is -0.258. The van der Waals surface area contributed by atoms with E-state index in [1.165, 1.54) is 17.2 Å². The molecule has 0 bridgehead atoms. The Morgan fingerprint density at radius 1 is 0.917 bits per heavy atom. The minimum Gasteiger partial charge on any atom is -0.365 e. The Morgan fingerprint density at radius 2 is 1.62 bits per heavy atom. The molecule has 122 valence electrons. The maximum absolute atomic E-state index is 13.6. The molecule has 0 fully saturated rings. The van der Waals surface area contributed by atoms with Crippen molar-refractivity contribution in [3.8, 4) is 0 Å². The summed E-state index contributed by atoms with van der Waals surface area (Å²) in [6.07, 6.45) is 1.56. The molecule has 3 aromatic rings.